The number of nitrogens with zero attached hydrogens (tertiary/aromatic N) is 2. The lowest BCUT2D eigenvalue weighted by molar-refractivity contribution is 0.599. The molecule has 0 amide bonds. The maximum absolute atomic E-state index is 6.28. The lowest BCUT2D eigenvalue weighted by Crippen LogP contribution is -2.06. The van der Waals surface area contributed by atoms with E-state index in [1.807, 2.05) is 12.3 Å². The number of aryl methyl sites for hydroxylation is 1. The van der Waals surface area contributed by atoms with Crippen LogP contribution in [0.5, 0.6) is 0 Å². The summed E-state index contributed by atoms with van der Waals surface area (Å²) in [5, 5.41) is 1.05. The second-order valence-electron chi connectivity index (χ2n) is 6.66. The SMILES string of the molecule is Nc1nccc2c1c(-c1ccccc1)cn2C1CCc2ccccc21. The van der Waals surface area contributed by atoms with Gasteiger partial charge in [0, 0.05) is 23.3 Å². The van der Waals surface area contributed by atoms with E-state index >= 15 is 0 Å². The van der Waals surface area contributed by atoms with E-state index in [9.17, 15) is 0 Å². The van der Waals surface area contributed by atoms with Crippen LogP contribution in [0.1, 0.15) is 23.6 Å². The first-order valence-corrected chi connectivity index (χ1v) is 8.71. The Morgan fingerprint density at radius 2 is 1.76 bits per heavy atom. The molecule has 0 spiro atoms. The second-order valence-corrected chi connectivity index (χ2v) is 6.66. The van der Waals surface area contributed by atoms with Crippen molar-refractivity contribution in [2.24, 2.45) is 0 Å². The molecule has 3 nitrogen and oxygen atoms in total. The monoisotopic (exact) mass is 325 g/mol. The Balaban J connectivity index is 1.77. The van der Waals surface area contributed by atoms with Crippen LogP contribution in [0.15, 0.2) is 73.1 Å². The zero-order valence-corrected chi connectivity index (χ0v) is 13.9. The van der Waals surface area contributed by atoms with Crippen LogP contribution in [0, 0.1) is 0 Å². The Labute approximate surface area is 146 Å². The van der Waals surface area contributed by atoms with Gasteiger partial charge in [0.05, 0.1) is 11.6 Å². The molecule has 25 heavy (non-hydrogen) atoms. The molecule has 2 aromatic carbocycles. The quantitative estimate of drug-likeness (QED) is 0.574. The zero-order chi connectivity index (χ0) is 16.8. The lowest BCUT2D eigenvalue weighted by atomic mass is 10.1. The Kier molecular flexibility index (Phi) is 3.14. The number of nitrogens with two attached hydrogens (primary N) is 1. The summed E-state index contributed by atoms with van der Waals surface area (Å²) in [4.78, 5) is 4.34. The minimum Gasteiger partial charge on any atom is -0.383 e. The third-order valence-electron chi connectivity index (χ3n) is 5.30. The van der Waals surface area contributed by atoms with E-state index in [-0.39, 0.29) is 0 Å². The average Bonchev–Trinajstić information content (AvgIpc) is 3.24. The fourth-order valence-electron chi connectivity index (χ4n) is 4.15. The number of benzene rings is 2. The van der Waals surface area contributed by atoms with Crippen LogP contribution < -0.4 is 5.73 Å². The highest BCUT2D eigenvalue weighted by Gasteiger charge is 2.26. The molecule has 0 radical (unpaired) electrons. The van der Waals surface area contributed by atoms with Gasteiger partial charge in [-0.1, -0.05) is 54.6 Å². The van der Waals surface area contributed by atoms with Gasteiger partial charge in [0.1, 0.15) is 5.82 Å². The fourth-order valence-corrected chi connectivity index (χ4v) is 4.15. The minimum absolute atomic E-state index is 0.359. The average molecular weight is 325 g/mol. The summed E-state index contributed by atoms with van der Waals surface area (Å²) >= 11 is 0. The largest absolute Gasteiger partial charge is 0.383 e. The molecule has 1 aliphatic rings. The number of hydrogen-bond donors (Lipinski definition) is 1. The molecule has 3 heteroatoms. The van der Waals surface area contributed by atoms with Crippen molar-refractivity contribution in [3.05, 3.63) is 84.2 Å². The van der Waals surface area contributed by atoms with Crippen molar-refractivity contribution >= 4 is 16.7 Å². The minimum atomic E-state index is 0.359. The molecule has 0 saturated heterocycles. The number of nitrogen functional groups attached to an aromatic ring is 1. The van der Waals surface area contributed by atoms with Crippen molar-refractivity contribution < 1.29 is 0 Å². The van der Waals surface area contributed by atoms with Gasteiger partial charge in [-0.15, -0.1) is 0 Å². The Morgan fingerprint density at radius 1 is 0.960 bits per heavy atom. The molecule has 0 aliphatic heterocycles. The van der Waals surface area contributed by atoms with Crippen molar-refractivity contribution in [3.8, 4) is 11.1 Å². The van der Waals surface area contributed by atoms with Gasteiger partial charge in [0.25, 0.3) is 0 Å². The molecule has 122 valence electrons. The van der Waals surface area contributed by atoms with Gasteiger partial charge in [-0.2, -0.15) is 0 Å². The molecule has 4 aromatic rings. The summed E-state index contributed by atoms with van der Waals surface area (Å²) in [7, 11) is 0. The molecular formula is C22H19N3. The third-order valence-corrected chi connectivity index (χ3v) is 5.30. The normalized spacial score (nSPS) is 16.2. The van der Waals surface area contributed by atoms with E-state index in [4.69, 9.17) is 5.73 Å². The highest BCUT2D eigenvalue weighted by molar-refractivity contribution is 6.02. The molecule has 5 rings (SSSR count). The van der Waals surface area contributed by atoms with Crippen LogP contribution in [0.3, 0.4) is 0 Å². The third kappa shape index (κ3) is 2.16. The summed E-state index contributed by atoms with van der Waals surface area (Å²) in [5.41, 5.74) is 12.7. The molecule has 2 N–H and O–H groups in total. The summed E-state index contributed by atoms with van der Waals surface area (Å²) in [6, 6.07) is 21.6. The maximum Gasteiger partial charge on any atom is 0.133 e. The van der Waals surface area contributed by atoms with Crippen molar-refractivity contribution in [2.75, 3.05) is 5.73 Å². The summed E-state index contributed by atoms with van der Waals surface area (Å²) < 4.78 is 2.39. The highest BCUT2D eigenvalue weighted by atomic mass is 15.0. The van der Waals surface area contributed by atoms with E-state index in [1.54, 1.807) is 0 Å². The molecule has 1 atom stereocenters. The van der Waals surface area contributed by atoms with Gasteiger partial charge >= 0.3 is 0 Å². The summed E-state index contributed by atoms with van der Waals surface area (Å²) in [5.74, 6) is 0.599. The molecule has 2 aromatic heterocycles. The van der Waals surface area contributed by atoms with E-state index in [1.165, 1.54) is 16.7 Å². The van der Waals surface area contributed by atoms with Crippen LogP contribution in [0.4, 0.5) is 5.82 Å². The van der Waals surface area contributed by atoms with Crippen LogP contribution in [-0.4, -0.2) is 9.55 Å². The molecule has 2 heterocycles. The van der Waals surface area contributed by atoms with Gasteiger partial charge in [-0.3, -0.25) is 0 Å². The van der Waals surface area contributed by atoms with Crippen molar-refractivity contribution in [1.29, 1.82) is 0 Å². The molecular weight excluding hydrogens is 306 g/mol. The first kappa shape index (κ1) is 14.3. The summed E-state index contributed by atoms with van der Waals surface area (Å²) in [6.45, 7) is 0. The number of hydrogen-bond acceptors (Lipinski definition) is 2. The van der Waals surface area contributed by atoms with E-state index in [2.05, 4.69) is 70.3 Å². The van der Waals surface area contributed by atoms with Crippen LogP contribution in [0.2, 0.25) is 0 Å². The predicted octanol–water partition coefficient (Wildman–Crippen LogP) is 4.82. The van der Waals surface area contributed by atoms with Crippen LogP contribution in [-0.2, 0) is 6.42 Å². The van der Waals surface area contributed by atoms with Gasteiger partial charge < -0.3 is 10.3 Å². The molecule has 1 aliphatic carbocycles. The lowest BCUT2D eigenvalue weighted by Gasteiger charge is -2.15. The molecule has 0 fully saturated rings. The predicted molar refractivity (Wildman–Crippen MR) is 102 cm³/mol. The number of fused-ring (bicyclic) bond motifs is 2. The number of anilines is 1. The van der Waals surface area contributed by atoms with Crippen LogP contribution >= 0.6 is 0 Å². The van der Waals surface area contributed by atoms with E-state index in [0.717, 1.165) is 29.3 Å². The highest BCUT2D eigenvalue weighted by Crippen LogP contribution is 2.40. The zero-order valence-electron chi connectivity index (χ0n) is 13.9. The smallest absolute Gasteiger partial charge is 0.133 e. The number of rotatable bonds is 2. The Hall–Kier alpha value is -3.07. The van der Waals surface area contributed by atoms with E-state index < -0.39 is 0 Å². The van der Waals surface area contributed by atoms with Crippen molar-refractivity contribution in [2.45, 2.75) is 18.9 Å². The molecule has 0 saturated carbocycles. The van der Waals surface area contributed by atoms with E-state index in [0.29, 0.717) is 11.9 Å². The van der Waals surface area contributed by atoms with Gasteiger partial charge in [-0.25, -0.2) is 4.98 Å². The Bertz CT molecular complexity index is 1060. The fraction of sp³-hybridized carbons (Fsp3) is 0.136. The van der Waals surface area contributed by atoms with Crippen LogP contribution in [0.25, 0.3) is 22.0 Å². The maximum atomic E-state index is 6.28. The Morgan fingerprint density at radius 3 is 2.64 bits per heavy atom. The van der Waals surface area contributed by atoms with Gasteiger partial charge in [-0.05, 0) is 35.6 Å². The summed E-state index contributed by atoms with van der Waals surface area (Å²) in [6.07, 6.45) is 6.32. The number of pyridine rings is 1. The van der Waals surface area contributed by atoms with Gasteiger partial charge in [0.2, 0.25) is 0 Å². The topological polar surface area (TPSA) is 43.8 Å². The standard InChI is InChI=1S/C22H19N3/c23-22-21-18(15-6-2-1-3-7-15)14-25(20(21)12-13-24-22)19-11-10-16-8-4-5-9-17(16)19/h1-9,12-14,19H,10-11H2,(H2,23,24). The van der Waals surface area contributed by atoms with Crippen molar-refractivity contribution in [1.82, 2.24) is 9.55 Å². The van der Waals surface area contributed by atoms with Crippen molar-refractivity contribution in [3.63, 3.8) is 0 Å². The van der Waals surface area contributed by atoms with Gasteiger partial charge in [0.15, 0.2) is 0 Å². The number of aromatic nitrogens is 2. The second kappa shape index (κ2) is 5.49. The first-order chi connectivity index (χ1) is 12.3. The molecule has 0 bridgehead atoms. The first-order valence-electron chi connectivity index (χ1n) is 8.71. The molecule has 1 unspecified atom stereocenters.